The van der Waals surface area contributed by atoms with Crippen LogP contribution in [0.15, 0.2) is 18.2 Å². The second-order valence-electron chi connectivity index (χ2n) is 3.37. The third-order valence-corrected chi connectivity index (χ3v) is 2.38. The lowest BCUT2D eigenvalue weighted by atomic mass is 10.0. The zero-order valence-corrected chi connectivity index (χ0v) is 9.09. The molecule has 0 spiro atoms. The number of carboxylic acids is 1. The van der Waals surface area contributed by atoms with E-state index in [9.17, 15) is 18.0 Å². The van der Waals surface area contributed by atoms with Crippen molar-refractivity contribution in [3.63, 3.8) is 0 Å². The molecule has 0 heterocycles. The van der Waals surface area contributed by atoms with Crippen LogP contribution in [0.2, 0.25) is 5.02 Å². The molecule has 0 unspecified atom stereocenters. The van der Waals surface area contributed by atoms with E-state index in [1.165, 1.54) is 6.07 Å². The predicted molar refractivity (Wildman–Crippen MR) is 53.8 cm³/mol. The highest BCUT2D eigenvalue weighted by Crippen LogP contribution is 2.35. The van der Waals surface area contributed by atoms with Crippen LogP contribution in [0.5, 0.6) is 0 Å². The van der Waals surface area contributed by atoms with E-state index in [2.05, 4.69) is 0 Å². The van der Waals surface area contributed by atoms with Crippen LogP contribution in [-0.4, -0.2) is 22.3 Å². The highest BCUT2D eigenvalue weighted by atomic mass is 35.5. The average molecular weight is 269 g/mol. The maximum atomic E-state index is 12.5. The summed E-state index contributed by atoms with van der Waals surface area (Å²) in [5.74, 6) is -1.49. The molecule has 1 rings (SSSR count). The number of carboxylic acid groups (broad SMARTS) is 1. The first kappa shape index (κ1) is 13.8. The molecule has 3 nitrogen and oxygen atoms in total. The molecule has 0 aliphatic heterocycles. The molecule has 0 aliphatic carbocycles. The first-order valence-corrected chi connectivity index (χ1v) is 4.86. The Bertz CT molecular complexity index is 431. The van der Waals surface area contributed by atoms with Crippen molar-refractivity contribution in [3.8, 4) is 0 Å². The molecule has 0 aromatic heterocycles. The van der Waals surface area contributed by atoms with Gasteiger partial charge in [0.15, 0.2) is 6.10 Å². The van der Waals surface area contributed by atoms with Crippen molar-refractivity contribution in [2.45, 2.75) is 18.7 Å². The van der Waals surface area contributed by atoms with Gasteiger partial charge in [-0.1, -0.05) is 17.7 Å². The third kappa shape index (κ3) is 3.61. The normalized spacial score (nSPS) is 13.5. The Labute approximate surface area is 99.4 Å². The Kier molecular flexibility index (Phi) is 4.00. The Morgan fingerprint density at radius 2 is 2.00 bits per heavy atom. The number of hydrogen-bond acceptors (Lipinski definition) is 2. The van der Waals surface area contributed by atoms with Crippen LogP contribution in [0.1, 0.15) is 11.1 Å². The Balaban J connectivity index is 3.01. The summed E-state index contributed by atoms with van der Waals surface area (Å²) in [6, 6.07) is 2.99. The van der Waals surface area contributed by atoms with E-state index in [1.807, 2.05) is 0 Å². The van der Waals surface area contributed by atoms with Crippen molar-refractivity contribution in [1.82, 2.24) is 0 Å². The van der Waals surface area contributed by atoms with Gasteiger partial charge in [0.1, 0.15) is 0 Å². The van der Waals surface area contributed by atoms with Crippen LogP contribution < -0.4 is 0 Å². The van der Waals surface area contributed by atoms with Crippen molar-refractivity contribution in [2.24, 2.45) is 0 Å². The number of aliphatic carboxylic acids is 1. The minimum atomic E-state index is -4.61. The van der Waals surface area contributed by atoms with Crippen molar-refractivity contribution in [1.29, 1.82) is 0 Å². The number of benzene rings is 1. The quantitative estimate of drug-likeness (QED) is 0.885. The summed E-state index contributed by atoms with van der Waals surface area (Å²) in [5.41, 5.74) is -0.995. The highest BCUT2D eigenvalue weighted by molar-refractivity contribution is 6.31. The van der Waals surface area contributed by atoms with Crippen LogP contribution in [-0.2, 0) is 17.4 Å². The molecule has 1 atom stereocenters. The Hall–Kier alpha value is -1.27. The predicted octanol–water partition coefficient (Wildman–Crippen LogP) is 2.35. The lowest BCUT2D eigenvalue weighted by molar-refractivity contribution is -0.146. The van der Waals surface area contributed by atoms with Gasteiger partial charge in [0.05, 0.1) is 10.6 Å². The van der Waals surface area contributed by atoms with E-state index >= 15 is 0 Å². The molecule has 0 amide bonds. The molecule has 2 N–H and O–H groups in total. The van der Waals surface area contributed by atoms with E-state index in [0.29, 0.717) is 0 Å². The molecule has 0 saturated heterocycles. The van der Waals surface area contributed by atoms with Gasteiger partial charge in [-0.25, -0.2) is 4.79 Å². The second kappa shape index (κ2) is 4.93. The van der Waals surface area contributed by atoms with Crippen molar-refractivity contribution < 1.29 is 28.2 Å². The molecule has 94 valence electrons. The van der Waals surface area contributed by atoms with E-state index in [0.717, 1.165) is 12.1 Å². The van der Waals surface area contributed by atoms with Gasteiger partial charge < -0.3 is 10.2 Å². The summed E-state index contributed by atoms with van der Waals surface area (Å²) < 4.78 is 37.4. The van der Waals surface area contributed by atoms with Gasteiger partial charge >= 0.3 is 12.1 Å². The highest BCUT2D eigenvalue weighted by Gasteiger charge is 2.33. The van der Waals surface area contributed by atoms with Crippen molar-refractivity contribution in [3.05, 3.63) is 34.3 Å². The number of alkyl halides is 3. The van der Waals surface area contributed by atoms with Gasteiger partial charge in [-0.3, -0.25) is 0 Å². The van der Waals surface area contributed by atoms with Crippen LogP contribution >= 0.6 is 11.6 Å². The number of halogens is 4. The Morgan fingerprint density at radius 1 is 1.41 bits per heavy atom. The number of hydrogen-bond donors (Lipinski definition) is 2. The molecule has 0 aliphatic rings. The molecular formula is C10H8ClF3O3. The van der Waals surface area contributed by atoms with Crippen LogP contribution in [0.4, 0.5) is 13.2 Å². The lowest BCUT2D eigenvalue weighted by Gasteiger charge is -2.11. The van der Waals surface area contributed by atoms with E-state index in [4.69, 9.17) is 21.8 Å². The fourth-order valence-corrected chi connectivity index (χ4v) is 1.45. The smallest absolute Gasteiger partial charge is 0.417 e. The molecular weight excluding hydrogens is 261 g/mol. The largest absolute Gasteiger partial charge is 0.479 e. The summed E-state index contributed by atoms with van der Waals surface area (Å²) in [6.45, 7) is 0. The number of aliphatic hydroxyl groups is 1. The first-order chi connectivity index (χ1) is 7.71. The first-order valence-electron chi connectivity index (χ1n) is 4.48. The van der Waals surface area contributed by atoms with Crippen LogP contribution in [0.3, 0.4) is 0 Å². The summed E-state index contributed by atoms with van der Waals surface area (Å²) >= 11 is 5.38. The fraction of sp³-hybridized carbons (Fsp3) is 0.300. The SMILES string of the molecule is O=C(O)[C@H](O)Cc1ccc(Cl)c(C(F)(F)F)c1. The van der Waals surface area contributed by atoms with Gasteiger partial charge in [0.25, 0.3) is 0 Å². The topological polar surface area (TPSA) is 57.5 Å². The van der Waals surface area contributed by atoms with E-state index in [-0.39, 0.29) is 5.56 Å². The van der Waals surface area contributed by atoms with Gasteiger partial charge in [0, 0.05) is 6.42 Å². The minimum Gasteiger partial charge on any atom is -0.479 e. The zero-order chi connectivity index (χ0) is 13.2. The van der Waals surface area contributed by atoms with E-state index < -0.39 is 35.3 Å². The maximum Gasteiger partial charge on any atom is 0.417 e. The molecule has 7 heteroatoms. The summed E-state index contributed by atoms with van der Waals surface area (Å²) in [5, 5.41) is 17.0. The maximum absolute atomic E-state index is 12.5. The molecule has 1 aromatic carbocycles. The minimum absolute atomic E-state index is 0.0524. The van der Waals surface area contributed by atoms with Gasteiger partial charge in [-0.15, -0.1) is 0 Å². The monoisotopic (exact) mass is 268 g/mol. The second-order valence-corrected chi connectivity index (χ2v) is 3.78. The van der Waals surface area contributed by atoms with Crippen LogP contribution in [0, 0.1) is 0 Å². The fourth-order valence-electron chi connectivity index (χ4n) is 1.23. The summed E-state index contributed by atoms with van der Waals surface area (Å²) in [6.07, 6.45) is -6.76. The zero-order valence-electron chi connectivity index (χ0n) is 8.33. The van der Waals surface area contributed by atoms with Crippen molar-refractivity contribution in [2.75, 3.05) is 0 Å². The van der Waals surface area contributed by atoms with Crippen molar-refractivity contribution >= 4 is 17.6 Å². The number of carbonyl (C=O) groups is 1. The van der Waals surface area contributed by atoms with Gasteiger partial charge in [-0.2, -0.15) is 13.2 Å². The van der Waals surface area contributed by atoms with E-state index in [1.54, 1.807) is 0 Å². The van der Waals surface area contributed by atoms with Gasteiger partial charge in [-0.05, 0) is 17.7 Å². The molecule has 0 bridgehead atoms. The molecule has 0 radical (unpaired) electrons. The lowest BCUT2D eigenvalue weighted by Crippen LogP contribution is -2.22. The average Bonchev–Trinajstić information content (AvgIpc) is 2.19. The molecule has 0 fully saturated rings. The third-order valence-electron chi connectivity index (χ3n) is 2.05. The standard InChI is InChI=1S/C10H8ClF3O3/c11-7-2-1-5(4-8(15)9(16)17)3-6(7)10(12,13)14/h1-3,8,15H,4H2,(H,16,17)/t8-/m1/s1. The number of aliphatic hydroxyl groups excluding tert-OH is 1. The molecule has 1 aromatic rings. The van der Waals surface area contributed by atoms with Gasteiger partial charge in [0.2, 0.25) is 0 Å². The molecule has 0 saturated carbocycles. The number of rotatable bonds is 3. The molecule has 17 heavy (non-hydrogen) atoms. The Morgan fingerprint density at radius 3 is 2.47 bits per heavy atom. The summed E-state index contributed by atoms with van der Waals surface area (Å²) in [7, 11) is 0. The van der Waals surface area contributed by atoms with Crippen LogP contribution in [0.25, 0.3) is 0 Å². The summed E-state index contributed by atoms with van der Waals surface area (Å²) in [4.78, 5) is 10.4.